The van der Waals surface area contributed by atoms with Gasteiger partial charge in [-0.15, -0.1) is 0 Å². The standard InChI is InChI=1S/C29H30FN5/c1-16-17-2-10-21(11-3-17)27(16)34-26-13-25(20-8-6-19(7-9-20)18-4-5-18)33-29(35-26)24-15-32-28-23(24)12-22(30)14-31-28/h6-9,12-18,21,27H,2-5,10-11H2,1H3,(H,31,32)(H,33,34,35). The molecule has 2 atom stereocenters. The number of nitrogens with zero attached hydrogens (tertiary/aromatic N) is 3. The number of hydrogen-bond acceptors (Lipinski definition) is 4. The second-order valence-electron chi connectivity index (χ2n) is 10.8. The lowest BCUT2D eigenvalue weighted by molar-refractivity contribution is 0.0928. The predicted octanol–water partition coefficient (Wildman–Crippen LogP) is 6.94. The summed E-state index contributed by atoms with van der Waals surface area (Å²) in [6.07, 6.45) is 10.9. The summed E-state index contributed by atoms with van der Waals surface area (Å²) in [7, 11) is 0. The fraction of sp³-hybridized carbons (Fsp3) is 0.414. The van der Waals surface area contributed by atoms with Crippen LogP contribution in [0.4, 0.5) is 10.2 Å². The van der Waals surface area contributed by atoms with Gasteiger partial charge in [-0.1, -0.05) is 31.2 Å². The molecule has 0 spiro atoms. The molecule has 35 heavy (non-hydrogen) atoms. The van der Waals surface area contributed by atoms with Gasteiger partial charge in [0.1, 0.15) is 17.3 Å². The van der Waals surface area contributed by atoms with Crippen LogP contribution in [-0.2, 0) is 0 Å². The third-order valence-corrected chi connectivity index (χ3v) is 8.67. The maximum Gasteiger partial charge on any atom is 0.164 e. The maximum absolute atomic E-state index is 14.1. The van der Waals surface area contributed by atoms with Crippen molar-refractivity contribution in [1.29, 1.82) is 0 Å². The van der Waals surface area contributed by atoms with E-state index in [1.165, 1.54) is 56.4 Å². The summed E-state index contributed by atoms with van der Waals surface area (Å²) in [5, 5.41) is 4.52. The van der Waals surface area contributed by atoms with E-state index in [1.54, 1.807) is 0 Å². The number of fused-ring (bicyclic) bond motifs is 4. The zero-order valence-electron chi connectivity index (χ0n) is 20.0. The van der Waals surface area contributed by atoms with E-state index in [9.17, 15) is 4.39 Å². The van der Waals surface area contributed by atoms with Gasteiger partial charge in [-0.05, 0) is 73.8 Å². The Balaban J connectivity index is 1.31. The average molecular weight is 468 g/mol. The van der Waals surface area contributed by atoms with Crippen molar-refractivity contribution in [2.45, 2.75) is 57.4 Å². The van der Waals surface area contributed by atoms with Crippen LogP contribution >= 0.6 is 0 Å². The fourth-order valence-electron chi connectivity index (χ4n) is 6.47. The zero-order chi connectivity index (χ0) is 23.5. The Kier molecular flexibility index (Phi) is 4.90. The topological polar surface area (TPSA) is 66.5 Å². The first-order valence-corrected chi connectivity index (χ1v) is 13.0. The van der Waals surface area contributed by atoms with Crippen molar-refractivity contribution in [1.82, 2.24) is 19.9 Å². The number of aromatic amines is 1. The number of nitrogens with one attached hydrogen (secondary N) is 2. The van der Waals surface area contributed by atoms with Gasteiger partial charge in [0.15, 0.2) is 5.82 Å². The van der Waals surface area contributed by atoms with Crippen molar-refractivity contribution in [3.8, 4) is 22.6 Å². The molecule has 4 fully saturated rings. The monoisotopic (exact) mass is 467 g/mol. The third kappa shape index (κ3) is 3.79. The number of aromatic nitrogens is 4. The molecule has 0 amide bonds. The highest BCUT2D eigenvalue weighted by Crippen LogP contribution is 2.46. The van der Waals surface area contributed by atoms with Gasteiger partial charge in [0.2, 0.25) is 0 Å². The Morgan fingerprint density at radius 2 is 1.71 bits per heavy atom. The summed E-state index contributed by atoms with van der Waals surface area (Å²) in [4.78, 5) is 17.3. The highest BCUT2D eigenvalue weighted by Gasteiger charge is 2.41. The Morgan fingerprint density at radius 3 is 2.46 bits per heavy atom. The second-order valence-corrected chi connectivity index (χ2v) is 10.8. The van der Waals surface area contributed by atoms with E-state index in [4.69, 9.17) is 9.97 Å². The minimum Gasteiger partial charge on any atom is -0.367 e. The molecule has 1 aromatic carbocycles. The first-order chi connectivity index (χ1) is 17.1. The molecule has 2 bridgehead atoms. The van der Waals surface area contributed by atoms with E-state index < -0.39 is 0 Å². The highest BCUT2D eigenvalue weighted by atomic mass is 19.1. The van der Waals surface area contributed by atoms with Gasteiger partial charge in [0.05, 0.1) is 11.9 Å². The van der Waals surface area contributed by atoms with E-state index in [0.29, 0.717) is 34.7 Å². The van der Waals surface area contributed by atoms with E-state index in [0.717, 1.165) is 34.5 Å². The summed E-state index contributed by atoms with van der Waals surface area (Å²) in [5.74, 6) is 3.92. The Labute approximate surface area is 204 Å². The van der Waals surface area contributed by atoms with Crippen molar-refractivity contribution >= 4 is 16.9 Å². The number of rotatable bonds is 5. The van der Waals surface area contributed by atoms with Gasteiger partial charge >= 0.3 is 0 Å². The van der Waals surface area contributed by atoms with Gasteiger partial charge in [-0.2, -0.15) is 0 Å². The summed E-state index contributed by atoms with van der Waals surface area (Å²) >= 11 is 0. The molecule has 0 radical (unpaired) electrons. The molecule has 2 unspecified atom stereocenters. The quantitative estimate of drug-likeness (QED) is 0.334. The average Bonchev–Trinajstić information content (AvgIpc) is 3.66. The molecule has 0 aliphatic heterocycles. The SMILES string of the molecule is CC1C2CCC(CC2)C1Nc1cc(-c2ccc(C3CC3)cc2)nc(-c2c[nH]c3ncc(F)cc23)n1. The molecule has 3 aromatic heterocycles. The number of pyridine rings is 1. The Bertz CT molecular complexity index is 1380. The van der Waals surface area contributed by atoms with Crippen molar-refractivity contribution in [3.05, 3.63) is 60.2 Å². The summed E-state index contributed by atoms with van der Waals surface area (Å²) in [6.45, 7) is 2.39. The molecule has 178 valence electrons. The number of benzene rings is 1. The molecule has 5 nitrogen and oxygen atoms in total. The van der Waals surface area contributed by atoms with Crippen LogP contribution in [0.5, 0.6) is 0 Å². The van der Waals surface area contributed by atoms with Gasteiger partial charge in [-0.25, -0.2) is 19.3 Å². The molecule has 6 heteroatoms. The van der Waals surface area contributed by atoms with Crippen LogP contribution in [0.1, 0.15) is 56.9 Å². The largest absolute Gasteiger partial charge is 0.367 e. The van der Waals surface area contributed by atoms with Crippen molar-refractivity contribution in [2.75, 3.05) is 5.32 Å². The van der Waals surface area contributed by atoms with Crippen LogP contribution in [0.3, 0.4) is 0 Å². The van der Waals surface area contributed by atoms with E-state index >= 15 is 0 Å². The summed E-state index contributed by atoms with van der Waals surface area (Å²) < 4.78 is 14.1. The van der Waals surface area contributed by atoms with Crippen LogP contribution in [0.2, 0.25) is 0 Å². The normalized spacial score (nSPS) is 25.8. The van der Waals surface area contributed by atoms with Crippen molar-refractivity contribution < 1.29 is 4.39 Å². The Morgan fingerprint density at radius 1 is 0.943 bits per heavy atom. The van der Waals surface area contributed by atoms with Crippen LogP contribution in [0.15, 0.2) is 48.8 Å². The van der Waals surface area contributed by atoms with E-state index in [2.05, 4.69) is 52.5 Å². The minimum atomic E-state index is -0.365. The van der Waals surface area contributed by atoms with Crippen LogP contribution < -0.4 is 5.32 Å². The molecular weight excluding hydrogens is 437 g/mol. The van der Waals surface area contributed by atoms with Gasteiger partial charge in [0, 0.05) is 34.8 Å². The van der Waals surface area contributed by atoms with Gasteiger partial charge in [0.25, 0.3) is 0 Å². The lowest BCUT2D eigenvalue weighted by Crippen LogP contribution is -2.47. The Hall–Kier alpha value is -3.28. The third-order valence-electron chi connectivity index (χ3n) is 8.67. The maximum atomic E-state index is 14.1. The van der Waals surface area contributed by atoms with Crippen molar-refractivity contribution in [3.63, 3.8) is 0 Å². The fourth-order valence-corrected chi connectivity index (χ4v) is 6.47. The summed E-state index contributed by atoms with van der Waals surface area (Å²) in [5.41, 5.74) is 4.77. The first kappa shape index (κ1) is 21.0. The molecule has 0 saturated heterocycles. The molecule has 8 rings (SSSR count). The molecule has 4 saturated carbocycles. The highest BCUT2D eigenvalue weighted by molar-refractivity contribution is 5.92. The van der Waals surface area contributed by atoms with Crippen LogP contribution in [0, 0.1) is 23.6 Å². The van der Waals surface area contributed by atoms with E-state index in [1.807, 2.05) is 6.20 Å². The molecule has 3 heterocycles. The molecule has 4 aliphatic rings. The lowest BCUT2D eigenvalue weighted by Gasteiger charge is -2.47. The second kappa shape index (κ2) is 8.14. The lowest BCUT2D eigenvalue weighted by atomic mass is 9.62. The number of hydrogen-bond donors (Lipinski definition) is 2. The van der Waals surface area contributed by atoms with Crippen molar-refractivity contribution in [2.24, 2.45) is 17.8 Å². The molecule has 4 aliphatic carbocycles. The zero-order valence-corrected chi connectivity index (χ0v) is 20.0. The number of H-pyrrole nitrogens is 1. The van der Waals surface area contributed by atoms with E-state index in [-0.39, 0.29) is 5.82 Å². The summed E-state index contributed by atoms with van der Waals surface area (Å²) in [6, 6.07) is 12.8. The van der Waals surface area contributed by atoms with Gasteiger partial charge < -0.3 is 10.3 Å². The predicted molar refractivity (Wildman–Crippen MR) is 137 cm³/mol. The first-order valence-electron chi connectivity index (χ1n) is 13.0. The molecular formula is C29H30FN5. The van der Waals surface area contributed by atoms with Gasteiger partial charge in [-0.3, -0.25) is 0 Å². The number of anilines is 1. The molecule has 4 aromatic rings. The minimum absolute atomic E-state index is 0.365. The van der Waals surface area contributed by atoms with Crippen LogP contribution in [0.25, 0.3) is 33.7 Å². The smallest absolute Gasteiger partial charge is 0.164 e. The number of halogens is 1. The molecule has 2 N–H and O–H groups in total. The van der Waals surface area contributed by atoms with Crippen LogP contribution in [-0.4, -0.2) is 26.0 Å².